The number of nitro benzene ring substituents is 1. The summed E-state index contributed by atoms with van der Waals surface area (Å²) in [5.74, 6) is 0. The normalized spacial score (nSPS) is 11.2. The Morgan fingerprint density at radius 1 is 1.23 bits per heavy atom. The second kappa shape index (κ2) is 7.67. The summed E-state index contributed by atoms with van der Waals surface area (Å²) < 4.78 is 0. The van der Waals surface area contributed by atoms with E-state index in [2.05, 4.69) is 11.1 Å². The van der Waals surface area contributed by atoms with E-state index in [0.717, 1.165) is 5.56 Å². The largest absolute Gasteiger partial charge is 0.269 e. The third-order valence-electron chi connectivity index (χ3n) is 3.48. The Morgan fingerprint density at radius 2 is 1.96 bits per heavy atom. The zero-order valence-electron chi connectivity index (χ0n) is 13.0. The van der Waals surface area contributed by atoms with Crippen molar-refractivity contribution in [2.24, 2.45) is 0 Å². The molecule has 0 atom stereocenters. The van der Waals surface area contributed by atoms with Gasteiger partial charge in [-0.25, -0.2) is 4.98 Å². The second-order valence-electron chi connectivity index (χ2n) is 5.18. The van der Waals surface area contributed by atoms with Gasteiger partial charge in [0.1, 0.15) is 11.1 Å². The lowest BCUT2D eigenvalue weighted by Crippen LogP contribution is -1.87. The average molecular weight is 402 g/mol. The van der Waals surface area contributed by atoms with Gasteiger partial charge in [-0.15, -0.1) is 11.3 Å². The maximum atomic E-state index is 10.7. The Bertz CT molecular complexity index is 1050. The molecule has 0 fully saturated rings. The first-order chi connectivity index (χ1) is 12.5. The molecule has 0 saturated heterocycles. The van der Waals surface area contributed by atoms with Crippen LogP contribution in [0.5, 0.6) is 0 Å². The van der Waals surface area contributed by atoms with Crippen molar-refractivity contribution >= 4 is 51.9 Å². The molecule has 3 rings (SSSR count). The Kier molecular flexibility index (Phi) is 5.33. The molecule has 3 aromatic rings. The number of nitriles is 1. The third-order valence-corrected chi connectivity index (χ3v) is 4.90. The fourth-order valence-electron chi connectivity index (χ4n) is 2.22. The zero-order valence-corrected chi connectivity index (χ0v) is 15.3. The molecule has 26 heavy (non-hydrogen) atoms. The van der Waals surface area contributed by atoms with Crippen LogP contribution in [0.25, 0.3) is 22.9 Å². The highest BCUT2D eigenvalue weighted by atomic mass is 35.5. The summed E-state index contributed by atoms with van der Waals surface area (Å²) in [7, 11) is 0. The minimum atomic E-state index is -0.471. The number of halogens is 2. The van der Waals surface area contributed by atoms with Crippen molar-refractivity contribution in [2.45, 2.75) is 0 Å². The molecule has 1 aromatic heterocycles. The first-order valence-electron chi connectivity index (χ1n) is 7.25. The molecular formula is C18H9Cl2N3O2S. The van der Waals surface area contributed by atoms with Crippen LogP contribution in [0.15, 0.2) is 47.8 Å². The maximum absolute atomic E-state index is 10.7. The molecule has 0 spiro atoms. The van der Waals surface area contributed by atoms with E-state index < -0.39 is 4.92 Å². The molecule has 0 bridgehead atoms. The van der Waals surface area contributed by atoms with Gasteiger partial charge in [0.2, 0.25) is 0 Å². The van der Waals surface area contributed by atoms with Crippen LogP contribution in [0.4, 0.5) is 5.69 Å². The van der Waals surface area contributed by atoms with Gasteiger partial charge in [-0.2, -0.15) is 5.26 Å². The van der Waals surface area contributed by atoms with Gasteiger partial charge in [-0.3, -0.25) is 10.1 Å². The first-order valence-corrected chi connectivity index (χ1v) is 8.89. The number of hydrogen-bond donors (Lipinski definition) is 0. The smallest absolute Gasteiger partial charge is 0.258 e. The lowest BCUT2D eigenvalue weighted by atomic mass is 10.1. The lowest BCUT2D eigenvalue weighted by molar-refractivity contribution is -0.384. The van der Waals surface area contributed by atoms with E-state index in [1.807, 2.05) is 5.38 Å². The Morgan fingerprint density at radius 3 is 2.58 bits per heavy atom. The first kappa shape index (κ1) is 18.1. The quantitative estimate of drug-likeness (QED) is 0.301. The summed E-state index contributed by atoms with van der Waals surface area (Å²) in [6.07, 6.45) is 1.63. The molecule has 128 valence electrons. The van der Waals surface area contributed by atoms with Crippen LogP contribution >= 0.6 is 34.5 Å². The van der Waals surface area contributed by atoms with Gasteiger partial charge in [0, 0.05) is 28.1 Å². The molecular weight excluding hydrogens is 393 g/mol. The number of hydrogen-bond acceptors (Lipinski definition) is 5. The van der Waals surface area contributed by atoms with Crippen molar-refractivity contribution in [3.63, 3.8) is 0 Å². The highest BCUT2D eigenvalue weighted by Crippen LogP contribution is 2.33. The van der Waals surface area contributed by atoms with Crippen LogP contribution < -0.4 is 0 Å². The van der Waals surface area contributed by atoms with Crippen molar-refractivity contribution in [2.75, 3.05) is 0 Å². The molecule has 0 radical (unpaired) electrons. The number of rotatable bonds is 4. The molecule has 0 saturated carbocycles. The maximum Gasteiger partial charge on any atom is 0.269 e. The molecule has 8 heteroatoms. The summed E-state index contributed by atoms with van der Waals surface area (Å²) in [5.41, 5.74) is 2.41. The Balaban J connectivity index is 1.93. The van der Waals surface area contributed by atoms with Crippen molar-refractivity contribution in [3.8, 4) is 17.3 Å². The number of nitrogens with zero attached hydrogens (tertiary/aromatic N) is 3. The number of thiazole rings is 1. The summed E-state index contributed by atoms with van der Waals surface area (Å²) in [6, 6.07) is 13.2. The molecule has 0 unspecified atom stereocenters. The topological polar surface area (TPSA) is 79.8 Å². The highest BCUT2D eigenvalue weighted by molar-refractivity contribution is 7.11. The summed E-state index contributed by atoms with van der Waals surface area (Å²) in [4.78, 5) is 14.7. The molecule has 0 N–H and O–H groups in total. The minimum absolute atomic E-state index is 0.00503. The molecule has 2 aromatic carbocycles. The molecule has 5 nitrogen and oxygen atoms in total. The molecule has 1 heterocycles. The van der Waals surface area contributed by atoms with Gasteiger partial charge in [0.15, 0.2) is 0 Å². The number of nitro groups is 1. The van der Waals surface area contributed by atoms with Crippen LogP contribution in [0.3, 0.4) is 0 Å². The monoisotopic (exact) mass is 401 g/mol. The van der Waals surface area contributed by atoms with E-state index in [-0.39, 0.29) is 5.69 Å². The summed E-state index contributed by atoms with van der Waals surface area (Å²) >= 11 is 13.4. The van der Waals surface area contributed by atoms with Crippen LogP contribution in [-0.4, -0.2) is 9.91 Å². The standard InChI is InChI=1S/C18H9Cl2N3O2S/c19-13-3-6-15(16(20)8-13)17-10-26-18(22-17)12(9-21)7-11-1-4-14(5-2-11)23(24)25/h1-8,10H. The number of non-ortho nitro benzene ring substituents is 1. The number of aromatic nitrogens is 1. The fourth-order valence-corrected chi connectivity index (χ4v) is 3.51. The Hall–Kier alpha value is -2.72. The van der Waals surface area contributed by atoms with Crippen LogP contribution in [0, 0.1) is 21.4 Å². The van der Waals surface area contributed by atoms with Gasteiger partial charge < -0.3 is 0 Å². The second-order valence-corrected chi connectivity index (χ2v) is 6.88. The predicted octanol–water partition coefficient (Wildman–Crippen LogP) is 6.09. The predicted molar refractivity (Wildman–Crippen MR) is 104 cm³/mol. The third kappa shape index (κ3) is 3.92. The number of benzene rings is 2. The molecule has 0 aliphatic carbocycles. The van der Waals surface area contributed by atoms with Gasteiger partial charge in [-0.1, -0.05) is 23.2 Å². The van der Waals surface area contributed by atoms with E-state index >= 15 is 0 Å². The van der Waals surface area contributed by atoms with Gasteiger partial charge in [0.05, 0.1) is 21.2 Å². The van der Waals surface area contributed by atoms with Gasteiger partial charge in [0.25, 0.3) is 5.69 Å². The van der Waals surface area contributed by atoms with Crippen LogP contribution in [0.1, 0.15) is 10.6 Å². The lowest BCUT2D eigenvalue weighted by Gasteiger charge is -2.01. The molecule has 0 aliphatic rings. The van der Waals surface area contributed by atoms with Gasteiger partial charge >= 0.3 is 0 Å². The Labute approximate surface area is 162 Å². The molecule has 0 aliphatic heterocycles. The van der Waals surface area contributed by atoms with E-state index in [1.54, 1.807) is 36.4 Å². The van der Waals surface area contributed by atoms with E-state index in [1.165, 1.54) is 23.5 Å². The van der Waals surface area contributed by atoms with Crippen LogP contribution in [0.2, 0.25) is 10.0 Å². The average Bonchev–Trinajstić information content (AvgIpc) is 3.09. The van der Waals surface area contributed by atoms with E-state index in [4.69, 9.17) is 23.2 Å². The van der Waals surface area contributed by atoms with Crippen LogP contribution in [-0.2, 0) is 0 Å². The SMILES string of the molecule is N#CC(=Cc1ccc([N+](=O)[O-])cc1)c1nc(-c2ccc(Cl)cc2Cl)cs1. The highest BCUT2D eigenvalue weighted by Gasteiger charge is 2.12. The molecule has 0 amide bonds. The fraction of sp³-hybridized carbons (Fsp3) is 0. The summed E-state index contributed by atoms with van der Waals surface area (Å²) in [5, 5.41) is 23.5. The number of allylic oxidation sites excluding steroid dienone is 1. The summed E-state index contributed by atoms with van der Waals surface area (Å²) in [6.45, 7) is 0. The van der Waals surface area contributed by atoms with E-state index in [0.29, 0.717) is 31.9 Å². The van der Waals surface area contributed by atoms with Crippen molar-refractivity contribution < 1.29 is 4.92 Å². The minimum Gasteiger partial charge on any atom is -0.258 e. The zero-order chi connectivity index (χ0) is 18.7. The van der Waals surface area contributed by atoms with Crippen molar-refractivity contribution in [3.05, 3.63) is 78.6 Å². The van der Waals surface area contributed by atoms with Crippen molar-refractivity contribution in [1.29, 1.82) is 5.26 Å². The van der Waals surface area contributed by atoms with Crippen molar-refractivity contribution in [1.82, 2.24) is 4.98 Å². The van der Waals surface area contributed by atoms with E-state index in [9.17, 15) is 15.4 Å². The van der Waals surface area contributed by atoms with Gasteiger partial charge in [-0.05, 0) is 42.0 Å².